The molecular formula is C16H20BrN5. The smallest absolute Gasteiger partial charge is 0.247 e. The molecule has 0 amide bonds. The van der Waals surface area contributed by atoms with E-state index in [4.69, 9.17) is 0 Å². The lowest BCUT2D eigenvalue weighted by atomic mass is 10.0. The van der Waals surface area contributed by atoms with E-state index < -0.39 is 0 Å². The first-order valence-electron chi connectivity index (χ1n) is 7.59. The van der Waals surface area contributed by atoms with Crippen molar-refractivity contribution in [1.82, 2.24) is 15.2 Å². The third kappa shape index (κ3) is 3.55. The molecule has 2 aromatic rings. The molecule has 1 atom stereocenters. The van der Waals surface area contributed by atoms with Crippen LogP contribution >= 0.6 is 15.9 Å². The minimum absolute atomic E-state index is 0.683. The number of rotatable bonds is 3. The van der Waals surface area contributed by atoms with Gasteiger partial charge in [0, 0.05) is 23.2 Å². The highest BCUT2D eigenvalue weighted by atomic mass is 79.9. The number of halogens is 1. The Morgan fingerprint density at radius 3 is 3.00 bits per heavy atom. The van der Waals surface area contributed by atoms with Gasteiger partial charge in [0.25, 0.3) is 0 Å². The maximum Gasteiger partial charge on any atom is 0.247 e. The molecule has 1 N–H and O–H groups in total. The third-order valence-corrected chi connectivity index (χ3v) is 4.43. The average Bonchev–Trinajstić information content (AvgIpc) is 2.50. The van der Waals surface area contributed by atoms with Gasteiger partial charge in [-0.3, -0.25) is 0 Å². The summed E-state index contributed by atoms with van der Waals surface area (Å²) in [6.07, 6.45) is 4.13. The number of hydrogen-bond acceptors (Lipinski definition) is 5. The topological polar surface area (TPSA) is 53.9 Å². The Balaban J connectivity index is 1.79. The van der Waals surface area contributed by atoms with Crippen LogP contribution in [0.4, 0.5) is 17.5 Å². The average molecular weight is 362 g/mol. The number of piperidine rings is 1. The number of anilines is 3. The summed E-state index contributed by atoms with van der Waals surface area (Å²) in [6, 6.07) is 6.12. The Bertz CT molecular complexity index is 661. The molecule has 5 nitrogen and oxygen atoms in total. The lowest BCUT2D eigenvalue weighted by Gasteiger charge is -2.30. The van der Waals surface area contributed by atoms with Crippen LogP contribution in [0.1, 0.15) is 25.3 Å². The van der Waals surface area contributed by atoms with Gasteiger partial charge < -0.3 is 10.2 Å². The molecule has 0 bridgehead atoms. The summed E-state index contributed by atoms with van der Waals surface area (Å²) >= 11 is 3.48. The van der Waals surface area contributed by atoms with Crippen LogP contribution in [0.2, 0.25) is 0 Å². The van der Waals surface area contributed by atoms with Crippen molar-refractivity contribution in [3.63, 3.8) is 0 Å². The maximum atomic E-state index is 4.62. The van der Waals surface area contributed by atoms with Crippen LogP contribution in [-0.2, 0) is 0 Å². The SMILES string of the molecule is Cc1cc(Br)ccc1Nc1cnnc(N2CCCC(C)C2)n1. The van der Waals surface area contributed by atoms with E-state index in [-0.39, 0.29) is 0 Å². The van der Waals surface area contributed by atoms with Crippen LogP contribution in [0, 0.1) is 12.8 Å². The van der Waals surface area contributed by atoms with Gasteiger partial charge in [0.05, 0.1) is 6.20 Å². The van der Waals surface area contributed by atoms with Crippen LogP contribution in [0.25, 0.3) is 0 Å². The Morgan fingerprint density at radius 1 is 1.36 bits per heavy atom. The second-order valence-corrected chi connectivity index (χ2v) is 6.83. The lowest BCUT2D eigenvalue weighted by Crippen LogP contribution is -2.35. The van der Waals surface area contributed by atoms with Gasteiger partial charge in [0.15, 0.2) is 5.82 Å². The van der Waals surface area contributed by atoms with Crippen LogP contribution in [-0.4, -0.2) is 28.3 Å². The molecule has 1 aromatic carbocycles. The van der Waals surface area contributed by atoms with E-state index in [9.17, 15) is 0 Å². The zero-order valence-electron chi connectivity index (χ0n) is 12.9. The van der Waals surface area contributed by atoms with E-state index in [1.54, 1.807) is 6.20 Å². The summed E-state index contributed by atoms with van der Waals surface area (Å²) in [5, 5.41) is 11.6. The molecular weight excluding hydrogens is 342 g/mol. The number of nitrogens with one attached hydrogen (secondary N) is 1. The van der Waals surface area contributed by atoms with E-state index in [1.807, 2.05) is 12.1 Å². The van der Waals surface area contributed by atoms with Gasteiger partial charge >= 0.3 is 0 Å². The predicted octanol–water partition coefficient (Wildman–Crippen LogP) is 3.92. The minimum Gasteiger partial charge on any atom is -0.339 e. The second kappa shape index (κ2) is 6.60. The van der Waals surface area contributed by atoms with E-state index in [1.165, 1.54) is 12.8 Å². The van der Waals surface area contributed by atoms with Gasteiger partial charge in [-0.25, -0.2) is 0 Å². The summed E-state index contributed by atoms with van der Waals surface area (Å²) in [5.74, 6) is 2.13. The number of nitrogens with zero attached hydrogens (tertiary/aromatic N) is 4. The molecule has 0 aliphatic carbocycles. The Hall–Kier alpha value is -1.69. The molecule has 0 spiro atoms. The zero-order valence-corrected chi connectivity index (χ0v) is 14.5. The molecule has 6 heteroatoms. The van der Waals surface area contributed by atoms with Crippen molar-refractivity contribution < 1.29 is 0 Å². The number of hydrogen-bond donors (Lipinski definition) is 1. The van der Waals surface area contributed by atoms with Gasteiger partial charge in [0.2, 0.25) is 5.95 Å². The highest BCUT2D eigenvalue weighted by molar-refractivity contribution is 9.10. The van der Waals surface area contributed by atoms with Crippen molar-refractivity contribution in [1.29, 1.82) is 0 Å². The first kappa shape index (κ1) is 15.2. The van der Waals surface area contributed by atoms with Crippen molar-refractivity contribution in [3.05, 3.63) is 34.4 Å². The summed E-state index contributed by atoms with van der Waals surface area (Å²) < 4.78 is 1.07. The Kier molecular flexibility index (Phi) is 4.57. The van der Waals surface area contributed by atoms with Crippen LogP contribution in [0.3, 0.4) is 0 Å². The molecule has 2 heterocycles. The lowest BCUT2D eigenvalue weighted by molar-refractivity contribution is 0.441. The number of aromatic nitrogens is 3. The standard InChI is InChI=1S/C16H20BrN5/c1-11-4-3-7-22(10-11)16-20-15(9-18-21-16)19-14-6-5-13(17)8-12(14)2/h5-6,8-9,11H,3-4,7,10H2,1-2H3,(H,19,20,21). The molecule has 0 saturated carbocycles. The van der Waals surface area contributed by atoms with Crippen LogP contribution < -0.4 is 10.2 Å². The Labute approximate surface area is 139 Å². The van der Waals surface area contributed by atoms with Gasteiger partial charge in [0.1, 0.15) is 0 Å². The summed E-state index contributed by atoms with van der Waals surface area (Å²) in [4.78, 5) is 6.84. The first-order valence-corrected chi connectivity index (χ1v) is 8.39. The maximum absolute atomic E-state index is 4.62. The fourth-order valence-electron chi connectivity index (χ4n) is 2.76. The van der Waals surface area contributed by atoms with Crippen molar-refractivity contribution in [2.24, 2.45) is 5.92 Å². The third-order valence-electron chi connectivity index (χ3n) is 3.94. The van der Waals surface area contributed by atoms with Gasteiger partial charge in [-0.15, -0.1) is 5.10 Å². The van der Waals surface area contributed by atoms with Crippen molar-refractivity contribution in [2.75, 3.05) is 23.3 Å². The van der Waals surface area contributed by atoms with Gasteiger partial charge in [-0.1, -0.05) is 22.9 Å². The molecule has 116 valence electrons. The van der Waals surface area contributed by atoms with Gasteiger partial charge in [-0.05, 0) is 49.4 Å². The second-order valence-electron chi connectivity index (χ2n) is 5.92. The molecule has 0 radical (unpaired) electrons. The molecule has 1 unspecified atom stereocenters. The fraction of sp³-hybridized carbons (Fsp3) is 0.438. The molecule has 1 aromatic heterocycles. The van der Waals surface area contributed by atoms with E-state index in [2.05, 4.69) is 61.2 Å². The molecule has 1 aliphatic rings. The molecule has 1 fully saturated rings. The summed E-state index contributed by atoms with van der Waals surface area (Å²) in [6.45, 7) is 6.34. The summed E-state index contributed by atoms with van der Waals surface area (Å²) in [5.41, 5.74) is 2.18. The quantitative estimate of drug-likeness (QED) is 0.897. The van der Waals surface area contributed by atoms with Crippen LogP contribution in [0.15, 0.2) is 28.9 Å². The predicted molar refractivity (Wildman–Crippen MR) is 92.6 cm³/mol. The molecule has 22 heavy (non-hydrogen) atoms. The highest BCUT2D eigenvalue weighted by Crippen LogP contribution is 2.24. The monoisotopic (exact) mass is 361 g/mol. The van der Waals surface area contributed by atoms with E-state index in [0.717, 1.165) is 34.6 Å². The van der Waals surface area contributed by atoms with Crippen molar-refractivity contribution in [3.8, 4) is 0 Å². The molecule has 1 aliphatic heterocycles. The molecule has 3 rings (SSSR count). The zero-order chi connectivity index (χ0) is 15.5. The van der Waals surface area contributed by atoms with Crippen molar-refractivity contribution >= 4 is 33.4 Å². The minimum atomic E-state index is 0.683. The van der Waals surface area contributed by atoms with E-state index in [0.29, 0.717) is 11.9 Å². The number of benzene rings is 1. The Morgan fingerprint density at radius 2 is 2.23 bits per heavy atom. The fourth-order valence-corrected chi connectivity index (χ4v) is 3.24. The normalized spacial score (nSPS) is 18.3. The van der Waals surface area contributed by atoms with Gasteiger partial charge in [-0.2, -0.15) is 10.1 Å². The number of aryl methyl sites for hydroxylation is 1. The summed E-state index contributed by atoms with van der Waals surface area (Å²) in [7, 11) is 0. The first-order chi connectivity index (χ1) is 10.6. The van der Waals surface area contributed by atoms with E-state index >= 15 is 0 Å². The highest BCUT2D eigenvalue weighted by Gasteiger charge is 2.19. The van der Waals surface area contributed by atoms with Crippen molar-refractivity contribution in [2.45, 2.75) is 26.7 Å². The largest absolute Gasteiger partial charge is 0.339 e. The molecule has 1 saturated heterocycles. The van der Waals surface area contributed by atoms with Crippen LogP contribution in [0.5, 0.6) is 0 Å².